The van der Waals surface area contributed by atoms with E-state index in [0.29, 0.717) is 38.8 Å². The lowest BCUT2D eigenvalue weighted by atomic mass is 10.1. The molecule has 118 valence electrons. The Bertz CT molecular complexity index is 883. The van der Waals surface area contributed by atoms with Crippen molar-refractivity contribution < 1.29 is 13.2 Å². The fourth-order valence-electron chi connectivity index (χ4n) is 2.27. The van der Waals surface area contributed by atoms with Crippen molar-refractivity contribution in [1.29, 1.82) is 0 Å². The Balaban J connectivity index is 2.20. The largest absolute Gasteiger partial charge is 0.398 e. The van der Waals surface area contributed by atoms with Crippen LogP contribution in [0.25, 0.3) is 21.8 Å². The summed E-state index contributed by atoms with van der Waals surface area (Å²) in [5, 5.41) is 4.19. The van der Waals surface area contributed by atoms with Crippen LogP contribution in [0.4, 0.5) is 13.2 Å². The standard InChI is InChI=1S/C15H10F3N3OS/c16-15(17,18)8-23-12-6-10(7-20-22)21-14-11(12)4-3-9-2-1-5-19-13(9)14/h1-6H,7-8H2. The number of pyridine rings is 2. The molecule has 0 fully saturated rings. The van der Waals surface area contributed by atoms with E-state index in [-0.39, 0.29) is 6.54 Å². The van der Waals surface area contributed by atoms with E-state index in [4.69, 9.17) is 0 Å². The molecule has 0 aliphatic heterocycles. The minimum Gasteiger partial charge on any atom is -0.254 e. The van der Waals surface area contributed by atoms with Gasteiger partial charge in [-0.2, -0.15) is 18.1 Å². The van der Waals surface area contributed by atoms with Crippen molar-refractivity contribution in [1.82, 2.24) is 9.97 Å². The third kappa shape index (κ3) is 3.42. The Hall–Kier alpha value is -2.22. The molecule has 0 amide bonds. The Kier molecular flexibility index (Phi) is 4.16. The first-order valence-corrected chi connectivity index (χ1v) is 7.62. The van der Waals surface area contributed by atoms with Gasteiger partial charge in [0.15, 0.2) is 0 Å². The lowest BCUT2D eigenvalue weighted by Crippen LogP contribution is -2.10. The number of nitroso groups, excluding NO2 is 1. The highest BCUT2D eigenvalue weighted by Crippen LogP contribution is 2.34. The highest BCUT2D eigenvalue weighted by molar-refractivity contribution is 7.99. The zero-order valence-corrected chi connectivity index (χ0v) is 12.5. The lowest BCUT2D eigenvalue weighted by molar-refractivity contribution is -0.105. The van der Waals surface area contributed by atoms with Gasteiger partial charge >= 0.3 is 6.18 Å². The molecule has 8 heteroatoms. The van der Waals surface area contributed by atoms with Gasteiger partial charge in [0.05, 0.1) is 22.5 Å². The molecule has 0 unspecified atom stereocenters. The molecule has 0 atom stereocenters. The first-order valence-electron chi connectivity index (χ1n) is 6.64. The zero-order valence-electron chi connectivity index (χ0n) is 11.7. The monoisotopic (exact) mass is 337 g/mol. The van der Waals surface area contributed by atoms with Gasteiger partial charge in [-0.15, -0.1) is 11.8 Å². The van der Waals surface area contributed by atoms with Crippen molar-refractivity contribution in [3.05, 3.63) is 47.1 Å². The van der Waals surface area contributed by atoms with Gasteiger partial charge in [0.2, 0.25) is 0 Å². The second-order valence-electron chi connectivity index (χ2n) is 4.84. The van der Waals surface area contributed by atoms with Crippen LogP contribution < -0.4 is 0 Å². The summed E-state index contributed by atoms with van der Waals surface area (Å²) in [5.41, 5.74) is 1.40. The first kappa shape index (κ1) is 15.7. The van der Waals surface area contributed by atoms with Crippen LogP contribution in [-0.2, 0) is 6.54 Å². The van der Waals surface area contributed by atoms with Crippen LogP contribution in [0.2, 0.25) is 0 Å². The van der Waals surface area contributed by atoms with E-state index in [1.807, 2.05) is 6.07 Å². The fourth-order valence-corrected chi connectivity index (χ4v) is 3.13. The average molecular weight is 337 g/mol. The van der Waals surface area contributed by atoms with Crippen molar-refractivity contribution in [2.75, 3.05) is 5.75 Å². The van der Waals surface area contributed by atoms with Gasteiger partial charge in [-0.3, -0.25) is 4.98 Å². The molecule has 0 radical (unpaired) electrons. The molecule has 4 nitrogen and oxygen atoms in total. The third-order valence-corrected chi connectivity index (χ3v) is 4.30. The van der Waals surface area contributed by atoms with Gasteiger partial charge in [0, 0.05) is 21.9 Å². The summed E-state index contributed by atoms with van der Waals surface area (Å²) >= 11 is 0.669. The van der Waals surface area contributed by atoms with Crippen LogP contribution in [0.5, 0.6) is 0 Å². The summed E-state index contributed by atoms with van der Waals surface area (Å²) < 4.78 is 37.6. The predicted octanol–water partition coefficient (Wildman–Crippen LogP) is 4.70. The molecule has 0 saturated heterocycles. The quantitative estimate of drug-likeness (QED) is 0.393. The molecule has 0 bridgehead atoms. The number of alkyl halides is 3. The van der Waals surface area contributed by atoms with Gasteiger partial charge in [0.1, 0.15) is 6.54 Å². The molecule has 0 N–H and O–H groups in total. The van der Waals surface area contributed by atoms with Crippen LogP contribution in [0.1, 0.15) is 5.69 Å². The number of halogens is 3. The highest BCUT2D eigenvalue weighted by Gasteiger charge is 2.27. The van der Waals surface area contributed by atoms with Gasteiger partial charge < -0.3 is 0 Å². The van der Waals surface area contributed by atoms with Gasteiger partial charge in [0.25, 0.3) is 0 Å². The second kappa shape index (κ2) is 6.11. The molecule has 0 aliphatic carbocycles. The molecule has 23 heavy (non-hydrogen) atoms. The second-order valence-corrected chi connectivity index (χ2v) is 5.86. The van der Waals surface area contributed by atoms with Crippen LogP contribution in [-0.4, -0.2) is 21.9 Å². The van der Waals surface area contributed by atoms with E-state index in [1.54, 1.807) is 24.4 Å². The molecule has 0 saturated carbocycles. The van der Waals surface area contributed by atoms with Gasteiger partial charge in [-0.05, 0) is 12.1 Å². The van der Waals surface area contributed by atoms with Crippen molar-refractivity contribution in [3.8, 4) is 0 Å². The maximum atomic E-state index is 12.5. The predicted molar refractivity (Wildman–Crippen MR) is 83.3 cm³/mol. The van der Waals surface area contributed by atoms with E-state index >= 15 is 0 Å². The minimum absolute atomic E-state index is 0.196. The molecule has 2 heterocycles. The summed E-state index contributed by atoms with van der Waals surface area (Å²) in [4.78, 5) is 19.5. The molecule has 2 aromatic heterocycles. The summed E-state index contributed by atoms with van der Waals surface area (Å²) in [6.45, 7) is -0.196. The third-order valence-electron chi connectivity index (χ3n) is 3.18. The number of hydrogen-bond donors (Lipinski definition) is 0. The molecule has 1 aromatic carbocycles. The van der Waals surface area contributed by atoms with Crippen LogP contribution in [0.3, 0.4) is 0 Å². The molecular weight excluding hydrogens is 327 g/mol. The Morgan fingerprint density at radius 1 is 1.17 bits per heavy atom. The molecule has 3 rings (SSSR count). The van der Waals surface area contributed by atoms with Crippen molar-refractivity contribution in [3.63, 3.8) is 0 Å². The van der Waals surface area contributed by atoms with E-state index < -0.39 is 11.9 Å². The van der Waals surface area contributed by atoms with E-state index in [1.165, 1.54) is 6.07 Å². The van der Waals surface area contributed by atoms with Crippen molar-refractivity contribution >= 4 is 33.6 Å². The van der Waals surface area contributed by atoms with Crippen molar-refractivity contribution in [2.45, 2.75) is 17.6 Å². The fraction of sp³-hybridized carbons (Fsp3) is 0.200. The molecule has 0 spiro atoms. The maximum Gasteiger partial charge on any atom is 0.398 e. The zero-order chi connectivity index (χ0) is 16.4. The average Bonchev–Trinajstić information content (AvgIpc) is 2.52. The number of aromatic nitrogens is 2. The summed E-state index contributed by atoms with van der Waals surface area (Å²) in [6, 6.07) is 8.61. The number of hydrogen-bond acceptors (Lipinski definition) is 5. The summed E-state index contributed by atoms with van der Waals surface area (Å²) in [5.74, 6) is -1.01. The number of benzene rings is 1. The van der Waals surface area contributed by atoms with E-state index in [2.05, 4.69) is 15.1 Å². The van der Waals surface area contributed by atoms with Crippen LogP contribution in [0.15, 0.2) is 46.6 Å². The van der Waals surface area contributed by atoms with Crippen molar-refractivity contribution in [2.24, 2.45) is 5.18 Å². The molecule has 0 aliphatic rings. The topological polar surface area (TPSA) is 55.2 Å². The maximum absolute atomic E-state index is 12.5. The van der Waals surface area contributed by atoms with Crippen LogP contribution >= 0.6 is 11.8 Å². The number of nitrogens with zero attached hydrogens (tertiary/aromatic N) is 3. The Morgan fingerprint density at radius 2 is 2.00 bits per heavy atom. The van der Waals surface area contributed by atoms with E-state index in [9.17, 15) is 18.1 Å². The smallest absolute Gasteiger partial charge is 0.254 e. The Labute approximate surface area is 133 Å². The number of rotatable bonds is 4. The highest BCUT2D eigenvalue weighted by atomic mass is 32.2. The number of thioether (sulfide) groups is 1. The Morgan fingerprint density at radius 3 is 2.74 bits per heavy atom. The molecular formula is C15H10F3N3OS. The number of fused-ring (bicyclic) bond motifs is 3. The minimum atomic E-state index is -4.28. The summed E-state index contributed by atoms with van der Waals surface area (Å²) in [7, 11) is 0. The first-order chi connectivity index (χ1) is 11.0. The van der Waals surface area contributed by atoms with E-state index in [0.717, 1.165) is 5.39 Å². The normalized spacial score (nSPS) is 12.0. The van der Waals surface area contributed by atoms with Gasteiger partial charge in [-0.25, -0.2) is 4.98 Å². The SMILES string of the molecule is O=NCc1cc(SCC(F)(F)F)c2ccc3cccnc3c2n1. The molecule has 3 aromatic rings. The summed E-state index contributed by atoms with van der Waals surface area (Å²) in [6.07, 6.45) is -2.69. The van der Waals surface area contributed by atoms with Crippen LogP contribution in [0, 0.1) is 4.91 Å². The van der Waals surface area contributed by atoms with Gasteiger partial charge in [-0.1, -0.05) is 23.4 Å². The lowest BCUT2D eigenvalue weighted by Gasteiger charge is -2.11.